The van der Waals surface area contributed by atoms with Crippen molar-refractivity contribution in [1.29, 1.82) is 0 Å². The summed E-state index contributed by atoms with van der Waals surface area (Å²) < 4.78 is 0. The molecule has 0 fully saturated rings. The molecule has 94 valence electrons. The Labute approximate surface area is 158 Å². The standard InChI is InChI=1S/C14H10N4O.K.H/c19-9-10-5-7-11(8-6-10)12-3-1-2-4-13(12)14-15-17-18-16-14;;/h1-9H,(H,15,16,17,18);;. The molecule has 0 bridgehead atoms. The quantitative estimate of drug-likeness (QED) is 0.588. The Balaban J connectivity index is 0.00000147. The fourth-order valence-electron chi connectivity index (χ4n) is 1.96. The number of carbonyl (C=O) groups excluding carboxylic acids is 1. The van der Waals surface area contributed by atoms with E-state index < -0.39 is 0 Å². The van der Waals surface area contributed by atoms with Crippen molar-refractivity contribution in [2.24, 2.45) is 0 Å². The second kappa shape index (κ2) is 7.01. The number of carbonyl (C=O) groups is 1. The third-order valence-electron chi connectivity index (χ3n) is 2.89. The molecule has 1 N–H and O–H groups in total. The molecular weight excluding hydrogens is 279 g/mol. The summed E-state index contributed by atoms with van der Waals surface area (Å²) in [6.45, 7) is 0. The van der Waals surface area contributed by atoms with E-state index in [9.17, 15) is 4.79 Å². The third kappa shape index (κ3) is 3.10. The van der Waals surface area contributed by atoms with Crippen molar-refractivity contribution in [3.63, 3.8) is 0 Å². The van der Waals surface area contributed by atoms with Crippen molar-refractivity contribution >= 4 is 57.7 Å². The zero-order chi connectivity index (χ0) is 13.1. The summed E-state index contributed by atoms with van der Waals surface area (Å²) in [5, 5.41) is 13.9. The first-order valence-electron chi connectivity index (χ1n) is 5.77. The molecule has 0 saturated carbocycles. The van der Waals surface area contributed by atoms with Gasteiger partial charge in [0.15, 0.2) is 5.82 Å². The van der Waals surface area contributed by atoms with E-state index in [0.717, 1.165) is 23.0 Å². The third-order valence-corrected chi connectivity index (χ3v) is 2.89. The number of aldehydes is 1. The van der Waals surface area contributed by atoms with E-state index in [1.54, 1.807) is 12.1 Å². The van der Waals surface area contributed by atoms with Crippen LogP contribution < -0.4 is 0 Å². The average molecular weight is 290 g/mol. The number of nitrogens with zero attached hydrogens (tertiary/aromatic N) is 3. The van der Waals surface area contributed by atoms with E-state index in [-0.39, 0.29) is 51.4 Å². The number of hydrogen-bond acceptors (Lipinski definition) is 4. The first-order valence-corrected chi connectivity index (χ1v) is 5.77. The monoisotopic (exact) mass is 290 g/mol. The van der Waals surface area contributed by atoms with Crippen LogP contribution in [0.15, 0.2) is 48.5 Å². The molecular formula is C14H11KN4O. The molecule has 2 aromatic carbocycles. The summed E-state index contributed by atoms with van der Waals surface area (Å²) in [5.41, 5.74) is 3.60. The predicted octanol–water partition coefficient (Wildman–Crippen LogP) is 1.70. The molecule has 0 aliphatic heterocycles. The topological polar surface area (TPSA) is 71.5 Å². The van der Waals surface area contributed by atoms with Crippen molar-refractivity contribution in [2.45, 2.75) is 0 Å². The van der Waals surface area contributed by atoms with Gasteiger partial charge in [-0.25, -0.2) is 5.10 Å². The molecule has 3 rings (SSSR count). The van der Waals surface area contributed by atoms with Gasteiger partial charge < -0.3 is 0 Å². The molecule has 5 nitrogen and oxygen atoms in total. The summed E-state index contributed by atoms with van der Waals surface area (Å²) >= 11 is 0. The molecule has 0 aliphatic carbocycles. The number of H-pyrrole nitrogens is 1. The number of tetrazole rings is 1. The molecule has 0 saturated heterocycles. The maximum absolute atomic E-state index is 10.7. The van der Waals surface area contributed by atoms with Gasteiger partial charge in [-0.1, -0.05) is 48.5 Å². The normalized spacial score (nSPS) is 9.80. The van der Waals surface area contributed by atoms with Crippen LogP contribution in [-0.2, 0) is 0 Å². The number of aromatic nitrogens is 4. The van der Waals surface area contributed by atoms with Gasteiger partial charge in [-0.05, 0) is 21.6 Å². The molecule has 0 aliphatic rings. The Hall–Kier alpha value is -1.18. The van der Waals surface area contributed by atoms with Crippen molar-refractivity contribution in [2.75, 3.05) is 0 Å². The Morgan fingerprint density at radius 2 is 1.65 bits per heavy atom. The van der Waals surface area contributed by atoms with Gasteiger partial charge in [0, 0.05) is 11.1 Å². The van der Waals surface area contributed by atoms with Crippen LogP contribution >= 0.6 is 0 Å². The first kappa shape index (κ1) is 15.2. The van der Waals surface area contributed by atoms with Crippen molar-refractivity contribution in [3.05, 3.63) is 54.1 Å². The van der Waals surface area contributed by atoms with E-state index in [4.69, 9.17) is 0 Å². The molecule has 0 atom stereocenters. The van der Waals surface area contributed by atoms with E-state index >= 15 is 0 Å². The second-order valence-electron chi connectivity index (χ2n) is 4.04. The molecule has 0 spiro atoms. The molecule has 0 unspecified atom stereocenters. The van der Waals surface area contributed by atoms with Crippen molar-refractivity contribution < 1.29 is 4.79 Å². The molecule has 20 heavy (non-hydrogen) atoms. The van der Waals surface area contributed by atoms with Crippen LogP contribution in [0.2, 0.25) is 0 Å². The number of benzene rings is 2. The van der Waals surface area contributed by atoms with Gasteiger partial charge in [-0.2, -0.15) is 0 Å². The number of aromatic amines is 1. The first-order chi connectivity index (χ1) is 9.38. The van der Waals surface area contributed by atoms with Gasteiger partial charge in [-0.3, -0.25) is 4.79 Å². The molecule has 6 heteroatoms. The van der Waals surface area contributed by atoms with Crippen LogP contribution in [0.1, 0.15) is 10.4 Å². The van der Waals surface area contributed by atoms with E-state index in [0.29, 0.717) is 11.4 Å². The molecule has 1 aromatic heterocycles. The minimum absolute atomic E-state index is 0. The van der Waals surface area contributed by atoms with Crippen molar-refractivity contribution in [3.8, 4) is 22.5 Å². The fourth-order valence-corrected chi connectivity index (χ4v) is 1.96. The van der Waals surface area contributed by atoms with Gasteiger partial charge in [0.05, 0.1) is 0 Å². The van der Waals surface area contributed by atoms with Crippen LogP contribution in [0.3, 0.4) is 0 Å². The SMILES string of the molecule is O=Cc1ccc(-c2ccccc2-c2nnn[nH]2)cc1.[KH]. The minimum atomic E-state index is 0. The van der Waals surface area contributed by atoms with Crippen LogP contribution in [0, 0.1) is 0 Å². The number of hydrogen-bond donors (Lipinski definition) is 1. The zero-order valence-electron chi connectivity index (χ0n) is 9.95. The van der Waals surface area contributed by atoms with Gasteiger partial charge in [-0.15, -0.1) is 5.10 Å². The summed E-state index contributed by atoms with van der Waals surface area (Å²) in [7, 11) is 0. The Morgan fingerprint density at radius 3 is 2.25 bits per heavy atom. The number of rotatable bonds is 3. The molecule has 0 radical (unpaired) electrons. The van der Waals surface area contributed by atoms with Gasteiger partial charge in [0.1, 0.15) is 6.29 Å². The van der Waals surface area contributed by atoms with E-state index in [1.807, 2.05) is 36.4 Å². The van der Waals surface area contributed by atoms with Crippen LogP contribution in [0.4, 0.5) is 0 Å². The van der Waals surface area contributed by atoms with Crippen LogP contribution in [0.25, 0.3) is 22.5 Å². The average Bonchev–Trinajstić information content (AvgIpc) is 3.01. The van der Waals surface area contributed by atoms with Gasteiger partial charge in [0.2, 0.25) is 0 Å². The van der Waals surface area contributed by atoms with Gasteiger partial charge >= 0.3 is 51.4 Å². The van der Waals surface area contributed by atoms with E-state index in [2.05, 4.69) is 20.6 Å². The summed E-state index contributed by atoms with van der Waals surface area (Å²) in [5.74, 6) is 0.620. The summed E-state index contributed by atoms with van der Waals surface area (Å²) in [6, 6.07) is 15.2. The summed E-state index contributed by atoms with van der Waals surface area (Å²) in [6.07, 6.45) is 0.829. The molecule has 3 aromatic rings. The van der Waals surface area contributed by atoms with E-state index in [1.165, 1.54) is 0 Å². The maximum atomic E-state index is 10.7. The Morgan fingerprint density at radius 1 is 0.950 bits per heavy atom. The van der Waals surface area contributed by atoms with Crippen LogP contribution in [-0.4, -0.2) is 78.3 Å². The Bertz CT molecular complexity index is 695. The molecule has 0 amide bonds. The second-order valence-corrected chi connectivity index (χ2v) is 4.04. The number of nitrogens with one attached hydrogen (secondary N) is 1. The fraction of sp³-hybridized carbons (Fsp3) is 0. The van der Waals surface area contributed by atoms with Gasteiger partial charge in [0.25, 0.3) is 0 Å². The van der Waals surface area contributed by atoms with Crippen molar-refractivity contribution in [1.82, 2.24) is 20.6 Å². The predicted molar refractivity (Wildman–Crippen MR) is 77.6 cm³/mol. The molecule has 1 heterocycles. The Kier molecular flexibility index (Phi) is 5.33. The van der Waals surface area contributed by atoms with Crippen LogP contribution in [0.5, 0.6) is 0 Å². The summed E-state index contributed by atoms with van der Waals surface area (Å²) in [4.78, 5) is 10.7. The zero-order valence-corrected chi connectivity index (χ0v) is 9.95.